The zero-order valence-corrected chi connectivity index (χ0v) is 28.0. The topological polar surface area (TPSA) is 110 Å². The second-order valence-corrected chi connectivity index (χ2v) is 13.1. The molecular formula is C33H37BrClN7O4. The number of aromatic nitrogens is 1. The van der Waals surface area contributed by atoms with Gasteiger partial charge >= 0.3 is 12.1 Å². The number of rotatable bonds is 7. The number of hydroxylamine groups is 2. The number of nitrogens with one attached hydrogen (secondary N) is 2. The molecule has 3 aliphatic rings. The van der Waals surface area contributed by atoms with Gasteiger partial charge in [0.05, 0.1) is 5.02 Å². The van der Waals surface area contributed by atoms with Crippen molar-refractivity contribution in [3.05, 3.63) is 87.1 Å². The molecule has 1 unspecified atom stereocenters. The smallest absolute Gasteiger partial charge is 0.368 e. The minimum absolute atomic E-state index is 0.0306. The fourth-order valence-corrected chi connectivity index (χ4v) is 7.08. The van der Waals surface area contributed by atoms with Gasteiger partial charge < -0.3 is 30.2 Å². The van der Waals surface area contributed by atoms with Gasteiger partial charge in [0.1, 0.15) is 6.04 Å². The number of fused-ring (bicyclic) bond motifs is 1. The molecule has 46 heavy (non-hydrogen) atoms. The molecule has 0 spiro atoms. The van der Waals surface area contributed by atoms with E-state index in [1.54, 1.807) is 22.4 Å². The molecule has 4 heterocycles. The molecule has 4 amide bonds. The third-order valence-electron chi connectivity index (χ3n) is 8.86. The van der Waals surface area contributed by atoms with Gasteiger partial charge in [-0.05, 0) is 76.7 Å². The lowest BCUT2D eigenvalue weighted by Gasteiger charge is -2.40. The molecule has 2 aromatic carbocycles. The van der Waals surface area contributed by atoms with Crippen LogP contribution in [-0.2, 0) is 22.6 Å². The molecule has 1 aromatic heterocycles. The number of amides is 4. The van der Waals surface area contributed by atoms with Gasteiger partial charge in [-0.1, -0.05) is 35.9 Å². The van der Waals surface area contributed by atoms with Gasteiger partial charge in [0.25, 0.3) is 0 Å². The summed E-state index contributed by atoms with van der Waals surface area (Å²) in [7, 11) is 0. The molecule has 0 saturated carbocycles. The van der Waals surface area contributed by atoms with Crippen molar-refractivity contribution in [2.45, 2.75) is 44.8 Å². The van der Waals surface area contributed by atoms with Crippen LogP contribution in [-0.4, -0.2) is 89.2 Å². The lowest BCUT2D eigenvalue weighted by molar-refractivity contribution is -0.136. The van der Waals surface area contributed by atoms with Crippen LogP contribution in [0.1, 0.15) is 29.5 Å². The number of piperazine rings is 1. The van der Waals surface area contributed by atoms with E-state index in [0.29, 0.717) is 63.7 Å². The Morgan fingerprint density at radius 1 is 1.07 bits per heavy atom. The van der Waals surface area contributed by atoms with Crippen molar-refractivity contribution in [1.29, 1.82) is 0 Å². The first-order chi connectivity index (χ1) is 22.2. The first kappa shape index (κ1) is 32.1. The molecule has 0 bridgehead atoms. The van der Waals surface area contributed by atoms with Crippen LogP contribution in [0.2, 0.25) is 5.02 Å². The summed E-state index contributed by atoms with van der Waals surface area (Å²) in [5.74, 6) is -0.162. The fourth-order valence-electron chi connectivity index (χ4n) is 6.36. The minimum Gasteiger partial charge on any atom is -0.368 e. The summed E-state index contributed by atoms with van der Waals surface area (Å²) < 4.78 is 0.734. The van der Waals surface area contributed by atoms with Gasteiger partial charge in [0, 0.05) is 86.5 Å². The number of nitrogens with zero attached hydrogens (tertiary/aromatic N) is 5. The molecule has 6 rings (SSSR count). The van der Waals surface area contributed by atoms with E-state index in [2.05, 4.69) is 36.4 Å². The van der Waals surface area contributed by atoms with E-state index in [-0.39, 0.29) is 24.4 Å². The average Bonchev–Trinajstić information content (AvgIpc) is 3.07. The number of carbonyl (C=O) groups excluding carboxylic acids is 3. The van der Waals surface area contributed by atoms with E-state index in [1.807, 2.05) is 60.4 Å². The number of pyridine rings is 1. The Bertz CT molecular complexity index is 1560. The van der Waals surface area contributed by atoms with Crippen molar-refractivity contribution < 1.29 is 19.2 Å². The molecule has 0 radical (unpaired) electrons. The van der Waals surface area contributed by atoms with Gasteiger partial charge in [0.2, 0.25) is 5.91 Å². The van der Waals surface area contributed by atoms with Crippen LogP contribution in [0.3, 0.4) is 0 Å². The van der Waals surface area contributed by atoms with Gasteiger partial charge in [-0.15, -0.1) is 5.06 Å². The van der Waals surface area contributed by atoms with Gasteiger partial charge in [-0.2, -0.15) is 0 Å². The number of hydrogen-bond donors (Lipinski definition) is 2. The van der Waals surface area contributed by atoms with Crippen molar-refractivity contribution in [2.75, 3.05) is 49.5 Å². The Labute approximate surface area is 281 Å². The summed E-state index contributed by atoms with van der Waals surface area (Å²) >= 11 is 9.87. The molecule has 3 aromatic rings. The van der Waals surface area contributed by atoms with Crippen LogP contribution in [0, 0.1) is 6.92 Å². The molecule has 0 aliphatic carbocycles. The number of carbonyl (C=O) groups is 3. The SMILES string of the molecule is Cc1cc(CC(NC(=O)ON2CCC(N3Cc4ccccc4NC3=O)CC2)C(=O)N2CCN(c3ccncc3)CC2)cc(Br)c1Cl. The number of anilines is 2. The van der Waals surface area contributed by atoms with Gasteiger partial charge in [-0.3, -0.25) is 9.78 Å². The highest BCUT2D eigenvalue weighted by molar-refractivity contribution is 9.10. The van der Waals surface area contributed by atoms with Crippen LogP contribution >= 0.6 is 27.5 Å². The molecule has 11 nitrogen and oxygen atoms in total. The standard InChI is InChI=1S/C33H37BrClN7O4/c1-22-18-23(19-27(34)30(22)35)20-29(31(43)40-16-14-39(15-17-40)25-6-10-36-11-7-25)38-33(45)46-41-12-8-26(9-13-41)42-21-24-4-2-3-5-28(24)37-32(42)44/h2-7,10-11,18-19,26,29H,8-9,12-17,20-21H2,1H3,(H,37,44)(H,38,45). The third-order valence-corrected chi connectivity index (χ3v) is 10.2. The summed E-state index contributed by atoms with van der Waals surface area (Å²) in [6.45, 7) is 5.81. The average molecular weight is 711 g/mol. The quantitative estimate of drug-likeness (QED) is 0.346. The second kappa shape index (κ2) is 14.3. The van der Waals surface area contributed by atoms with Crippen LogP contribution < -0.4 is 15.5 Å². The van der Waals surface area contributed by atoms with Crippen molar-refractivity contribution in [2.24, 2.45) is 0 Å². The zero-order chi connectivity index (χ0) is 32.2. The lowest BCUT2D eigenvalue weighted by atomic mass is 10.0. The maximum Gasteiger partial charge on any atom is 0.426 e. The lowest BCUT2D eigenvalue weighted by Crippen LogP contribution is -2.56. The Hall–Kier alpha value is -3.87. The summed E-state index contributed by atoms with van der Waals surface area (Å²) in [6, 6.07) is 14.6. The van der Waals surface area contributed by atoms with Crippen molar-refractivity contribution in [3.63, 3.8) is 0 Å². The predicted octanol–water partition coefficient (Wildman–Crippen LogP) is 5.22. The summed E-state index contributed by atoms with van der Waals surface area (Å²) in [6.07, 6.45) is 4.44. The summed E-state index contributed by atoms with van der Waals surface area (Å²) in [4.78, 5) is 55.6. The number of urea groups is 1. The van der Waals surface area contributed by atoms with Gasteiger partial charge in [-0.25, -0.2) is 9.59 Å². The maximum atomic E-state index is 13.9. The Balaban J connectivity index is 1.07. The summed E-state index contributed by atoms with van der Waals surface area (Å²) in [5, 5.41) is 8.06. The van der Waals surface area contributed by atoms with E-state index in [1.165, 1.54) is 0 Å². The van der Waals surface area contributed by atoms with Crippen LogP contribution in [0.15, 0.2) is 65.4 Å². The maximum absolute atomic E-state index is 13.9. The van der Waals surface area contributed by atoms with Gasteiger partial charge in [0.15, 0.2) is 0 Å². The molecule has 13 heteroatoms. The normalized spacial score (nSPS) is 18.1. The van der Waals surface area contributed by atoms with E-state index < -0.39 is 12.1 Å². The first-order valence-electron chi connectivity index (χ1n) is 15.5. The molecule has 242 valence electrons. The zero-order valence-electron chi connectivity index (χ0n) is 25.6. The highest BCUT2D eigenvalue weighted by Gasteiger charge is 2.34. The molecule has 2 saturated heterocycles. The van der Waals surface area contributed by atoms with Crippen molar-refractivity contribution in [3.8, 4) is 0 Å². The van der Waals surface area contributed by atoms with Crippen LogP contribution in [0.5, 0.6) is 0 Å². The molecule has 1 atom stereocenters. The monoisotopic (exact) mass is 709 g/mol. The van der Waals surface area contributed by atoms with Crippen LogP contribution in [0.25, 0.3) is 0 Å². The molecular weight excluding hydrogens is 674 g/mol. The largest absolute Gasteiger partial charge is 0.426 e. The predicted molar refractivity (Wildman–Crippen MR) is 180 cm³/mol. The van der Waals surface area contributed by atoms with E-state index in [0.717, 1.165) is 32.5 Å². The number of para-hydroxylation sites is 1. The van der Waals surface area contributed by atoms with Crippen LogP contribution in [0.4, 0.5) is 21.0 Å². The Morgan fingerprint density at radius 3 is 2.50 bits per heavy atom. The Kier molecular flexibility index (Phi) is 9.95. The number of aryl methyl sites for hydroxylation is 1. The number of piperidine rings is 1. The minimum atomic E-state index is -0.831. The van der Waals surface area contributed by atoms with E-state index in [9.17, 15) is 14.4 Å². The number of benzene rings is 2. The van der Waals surface area contributed by atoms with E-state index >= 15 is 0 Å². The van der Waals surface area contributed by atoms with Crippen molar-refractivity contribution in [1.82, 2.24) is 25.2 Å². The summed E-state index contributed by atoms with van der Waals surface area (Å²) in [5.41, 5.74) is 4.74. The molecule has 2 fully saturated rings. The molecule has 3 aliphatic heterocycles. The second-order valence-electron chi connectivity index (χ2n) is 11.9. The number of hydrogen-bond acceptors (Lipinski definition) is 7. The fraction of sp³-hybridized carbons (Fsp3) is 0.394. The third kappa shape index (κ3) is 7.40. The highest BCUT2D eigenvalue weighted by Crippen LogP contribution is 2.29. The first-order valence-corrected chi connectivity index (χ1v) is 16.7. The highest BCUT2D eigenvalue weighted by atomic mass is 79.9. The number of halogens is 2. The van der Waals surface area contributed by atoms with E-state index in [4.69, 9.17) is 16.4 Å². The Morgan fingerprint density at radius 2 is 1.78 bits per heavy atom. The van der Waals surface area contributed by atoms with Crippen molar-refractivity contribution >= 4 is 56.9 Å². The molecule has 2 N–H and O–H groups in total.